The number of hydrogen-bond donors (Lipinski definition) is 1. The Morgan fingerprint density at radius 1 is 1.29 bits per heavy atom. The van der Waals surface area contributed by atoms with Crippen LogP contribution in [0.2, 0.25) is 0 Å². The molecule has 1 aliphatic heterocycles. The van der Waals surface area contributed by atoms with Crippen molar-refractivity contribution in [3.05, 3.63) is 35.6 Å². The summed E-state index contributed by atoms with van der Waals surface area (Å²) in [5, 5.41) is 0. The molecule has 4 atom stereocenters. The van der Waals surface area contributed by atoms with Crippen molar-refractivity contribution in [3.8, 4) is 0 Å². The zero-order chi connectivity index (χ0) is 17.5. The molecule has 0 aromatic heterocycles. The second-order valence-corrected chi connectivity index (χ2v) is 6.61. The first-order chi connectivity index (χ1) is 11.5. The summed E-state index contributed by atoms with van der Waals surface area (Å²) in [6, 6.07) is 6.00. The fourth-order valence-electron chi connectivity index (χ4n) is 3.27. The third-order valence-corrected chi connectivity index (χ3v) is 4.55. The smallest absolute Gasteiger partial charge is 0.323 e. The van der Waals surface area contributed by atoms with Crippen LogP contribution in [0, 0.1) is 11.7 Å². The topological polar surface area (TPSA) is 61.5 Å². The van der Waals surface area contributed by atoms with E-state index in [1.54, 1.807) is 12.1 Å². The van der Waals surface area contributed by atoms with Gasteiger partial charge < -0.3 is 15.2 Å². The fourth-order valence-corrected chi connectivity index (χ4v) is 3.27. The van der Waals surface area contributed by atoms with Crippen molar-refractivity contribution in [1.29, 1.82) is 0 Å². The average molecular weight is 337 g/mol. The second-order valence-electron chi connectivity index (χ2n) is 6.61. The minimum absolute atomic E-state index is 0.177. The van der Waals surface area contributed by atoms with Crippen LogP contribution in [0.4, 0.5) is 4.39 Å². The highest BCUT2D eigenvalue weighted by Crippen LogP contribution is 2.27. The van der Waals surface area contributed by atoms with E-state index in [2.05, 4.69) is 6.92 Å². The Morgan fingerprint density at radius 2 is 2.00 bits per heavy atom. The van der Waals surface area contributed by atoms with Crippen LogP contribution in [0.15, 0.2) is 24.3 Å². The van der Waals surface area contributed by atoms with Gasteiger partial charge in [0.2, 0.25) is 0 Å². The molecule has 1 fully saturated rings. The maximum Gasteiger partial charge on any atom is 0.323 e. The molecule has 0 spiro atoms. The number of carbonyl (C=O) groups excluding carboxylic acids is 1. The van der Waals surface area contributed by atoms with Crippen molar-refractivity contribution in [2.45, 2.75) is 64.2 Å². The Morgan fingerprint density at radius 3 is 2.67 bits per heavy atom. The first-order valence-electron chi connectivity index (χ1n) is 8.83. The third-order valence-electron chi connectivity index (χ3n) is 4.55. The Bertz CT molecular complexity index is 520. The summed E-state index contributed by atoms with van der Waals surface area (Å²) in [5.74, 6) is -0.384. The van der Waals surface area contributed by atoms with Crippen molar-refractivity contribution in [2.75, 3.05) is 6.61 Å². The van der Waals surface area contributed by atoms with Crippen molar-refractivity contribution in [2.24, 2.45) is 11.7 Å². The molecule has 134 valence electrons. The van der Waals surface area contributed by atoms with Crippen LogP contribution in [0.25, 0.3) is 0 Å². The molecule has 1 heterocycles. The molecule has 1 aliphatic rings. The number of rotatable bonds is 5. The van der Waals surface area contributed by atoms with Gasteiger partial charge in [0, 0.05) is 6.61 Å². The van der Waals surface area contributed by atoms with Crippen LogP contribution in [-0.4, -0.2) is 30.8 Å². The number of esters is 1. The lowest BCUT2D eigenvalue weighted by Crippen LogP contribution is -2.40. The number of halogens is 1. The van der Waals surface area contributed by atoms with Gasteiger partial charge in [0.05, 0.1) is 6.10 Å². The van der Waals surface area contributed by atoms with Gasteiger partial charge in [-0.2, -0.15) is 0 Å². The minimum atomic E-state index is -0.566. The van der Waals surface area contributed by atoms with Gasteiger partial charge >= 0.3 is 5.97 Å². The standard InChI is InChI=1S/C19H28FNO3/c1-3-11-23-18-13(2)24-19(22)17(21)6-4-5-15(18)12-14-7-9-16(20)10-8-14/h7-10,13,15,17-18H,3-6,11-12,21H2,1-2H3/t13-,15+,17-,18-/m0/s1. The Hall–Kier alpha value is -1.46. The van der Waals surface area contributed by atoms with Crippen molar-refractivity contribution in [3.63, 3.8) is 0 Å². The molecule has 0 saturated carbocycles. The normalized spacial score (nSPS) is 28.6. The van der Waals surface area contributed by atoms with Crippen molar-refractivity contribution >= 4 is 5.97 Å². The summed E-state index contributed by atoms with van der Waals surface area (Å²) in [4.78, 5) is 12.0. The summed E-state index contributed by atoms with van der Waals surface area (Å²) < 4.78 is 24.7. The third kappa shape index (κ3) is 5.28. The van der Waals surface area contributed by atoms with Crippen LogP contribution in [0.5, 0.6) is 0 Å². The molecule has 2 N–H and O–H groups in total. The first kappa shape index (κ1) is 18.9. The fraction of sp³-hybridized carbons (Fsp3) is 0.632. The predicted molar refractivity (Wildman–Crippen MR) is 91.0 cm³/mol. The van der Waals surface area contributed by atoms with Gasteiger partial charge in [-0.1, -0.05) is 25.5 Å². The molecule has 0 amide bonds. The number of carbonyl (C=O) groups is 1. The number of benzene rings is 1. The Labute approximate surface area is 143 Å². The molecule has 1 aromatic carbocycles. The van der Waals surface area contributed by atoms with Gasteiger partial charge in [-0.05, 0) is 56.2 Å². The number of hydrogen-bond acceptors (Lipinski definition) is 4. The molecular weight excluding hydrogens is 309 g/mol. The van der Waals surface area contributed by atoms with Gasteiger partial charge in [-0.25, -0.2) is 4.39 Å². The van der Waals surface area contributed by atoms with Gasteiger partial charge in [0.25, 0.3) is 0 Å². The number of cyclic esters (lactones) is 1. The molecular formula is C19H28FNO3. The molecule has 24 heavy (non-hydrogen) atoms. The van der Waals surface area contributed by atoms with E-state index >= 15 is 0 Å². The molecule has 0 radical (unpaired) electrons. The highest BCUT2D eigenvalue weighted by atomic mass is 19.1. The molecule has 0 bridgehead atoms. The maximum atomic E-state index is 13.1. The molecule has 5 heteroatoms. The van der Waals surface area contributed by atoms with Crippen LogP contribution in [0.1, 0.15) is 45.1 Å². The van der Waals surface area contributed by atoms with E-state index < -0.39 is 6.04 Å². The predicted octanol–water partition coefficient (Wildman–Crippen LogP) is 3.22. The highest BCUT2D eigenvalue weighted by Gasteiger charge is 2.33. The molecule has 4 nitrogen and oxygen atoms in total. The van der Waals surface area contributed by atoms with Gasteiger partial charge in [0.1, 0.15) is 18.0 Å². The highest BCUT2D eigenvalue weighted by molar-refractivity contribution is 5.75. The van der Waals surface area contributed by atoms with Gasteiger partial charge in [-0.3, -0.25) is 4.79 Å². The lowest BCUT2D eigenvalue weighted by atomic mass is 9.87. The number of ether oxygens (including phenoxy) is 2. The van der Waals surface area contributed by atoms with E-state index in [0.29, 0.717) is 13.0 Å². The molecule has 0 unspecified atom stereocenters. The number of nitrogens with two attached hydrogens (primary N) is 1. The van der Waals surface area contributed by atoms with Crippen LogP contribution in [0.3, 0.4) is 0 Å². The van der Waals surface area contributed by atoms with E-state index in [-0.39, 0.29) is 29.9 Å². The summed E-state index contributed by atoms with van der Waals surface area (Å²) in [5.41, 5.74) is 6.95. The van der Waals surface area contributed by atoms with Crippen molar-refractivity contribution in [1.82, 2.24) is 0 Å². The maximum absolute atomic E-state index is 13.1. The summed E-state index contributed by atoms with van der Waals surface area (Å²) in [6.45, 7) is 4.54. The first-order valence-corrected chi connectivity index (χ1v) is 8.83. The van der Waals surface area contributed by atoms with E-state index in [0.717, 1.165) is 31.2 Å². The van der Waals surface area contributed by atoms with Crippen LogP contribution < -0.4 is 5.73 Å². The van der Waals surface area contributed by atoms with E-state index in [1.165, 1.54) is 12.1 Å². The molecule has 0 aliphatic carbocycles. The Balaban J connectivity index is 2.17. The SMILES string of the molecule is CCCO[C@@H]1[C@@H](Cc2ccc(F)cc2)CCC[C@H](N)C(=O)O[C@H]1C. The monoisotopic (exact) mass is 337 g/mol. The molecule has 2 rings (SSSR count). The zero-order valence-electron chi connectivity index (χ0n) is 14.5. The zero-order valence-corrected chi connectivity index (χ0v) is 14.5. The second kappa shape index (κ2) is 9.14. The Kier molecular flexibility index (Phi) is 7.18. The summed E-state index contributed by atoms with van der Waals surface area (Å²) in [7, 11) is 0. The lowest BCUT2D eigenvalue weighted by Gasteiger charge is -2.31. The van der Waals surface area contributed by atoms with Crippen LogP contribution >= 0.6 is 0 Å². The average Bonchev–Trinajstić information content (AvgIpc) is 2.60. The van der Waals surface area contributed by atoms with Gasteiger partial charge in [-0.15, -0.1) is 0 Å². The molecule has 1 aromatic rings. The van der Waals surface area contributed by atoms with E-state index in [4.69, 9.17) is 15.2 Å². The minimum Gasteiger partial charge on any atom is -0.459 e. The van der Waals surface area contributed by atoms with Gasteiger partial charge in [0.15, 0.2) is 0 Å². The molecule has 1 saturated heterocycles. The van der Waals surface area contributed by atoms with Crippen LogP contribution in [-0.2, 0) is 20.7 Å². The summed E-state index contributed by atoms with van der Waals surface area (Å²) >= 11 is 0. The summed E-state index contributed by atoms with van der Waals surface area (Å²) in [6.07, 6.45) is 3.52. The van der Waals surface area contributed by atoms with Crippen molar-refractivity contribution < 1.29 is 18.7 Å². The van der Waals surface area contributed by atoms with E-state index in [9.17, 15) is 9.18 Å². The lowest BCUT2D eigenvalue weighted by molar-refractivity contribution is -0.160. The van der Waals surface area contributed by atoms with E-state index in [1.807, 2.05) is 6.92 Å². The quantitative estimate of drug-likeness (QED) is 0.838. The largest absolute Gasteiger partial charge is 0.459 e.